The van der Waals surface area contributed by atoms with Crippen molar-refractivity contribution in [3.8, 4) is 17.5 Å². The Morgan fingerprint density at radius 2 is 2.02 bits per heavy atom. The van der Waals surface area contributed by atoms with Crippen LogP contribution in [0.5, 0.6) is 0 Å². The monoisotopic (exact) mass is 545 g/mol. The van der Waals surface area contributed by atoms with Gasteiger partial charge in [0, 0.05) is 18.2 Å². The van der Waals surface area contributed by atoms with E-state index in [0.29, 0.717) is 41.0 Å². The van der Waals surface area contributed by atoms with E-state index in [1.54, 1.807) is 16.6 Å². The lowest BCUT2D eigenvalue weighted by Crippen LogP contribution is -2.48. The first kappa shape index (κ1) is 27.3. The zero-order valence-corrected chi connectivity index (χ0v) is 22.7. The molecule has 1 aliphatic rings. The van der Waals surface area contributed by atoms with Crippen molar-refractivity contribution in [2.45, 2.75) is 70.2 Å². The first-order valence-corrected chi connectivity index (χ1v) is 13.3. The standard InChI is InChI=1S/C29H32FN7O3/c1-17-27(40-16-34-17)19-4-6-20(7-5-19)36(15-26(30)29(2,3)39)25-11-23(33-14-22(25)28(32)38)24-9-8-21-10-18(12-31)13-35-37(21)24/h8-11,13-14,16,19-20,26,39H,4-7,15H2,1-3H3,(H2,32,38)/t19?,20?,26-/m1/s1. The molecular weight excluding hydrogens is 513 g/mol. The molecule has 1 aliphatic carbocycles. The van der Waals surface area contributed by atoms with Crippen LogP contribution in [0.1, 0.15) is 72.8 Å². The number of anilines is 1. The molecule has 3 N–H and O–H groups in total. The zero-order chi connectivity index (χ0) is 28.6. The summed E-state index contributed by atoms with van der Waals surface area (Å²) in [5.41, 5.74) is 7.96. The number of fused-ring (bicyclic) bond motifs is 1. The molecule has 11 heteroatoms. The van der Waals surface area contributed by atoms with E-state index in [-0.39, 0.29) is 24.1 Å². The summed E-state index contributed by atoms with van der Waals surface area (Å²) in [5, 5.41) is 24.1. The Morgan fingerprint density at radius 3 is 2.65 bits per heavy atom. The minimum absolute atomic E-state index is 0.117. The highest BCUT2D eigenvalue weighted by Crippen LogP contribution is 2.39. The van der Waals surface area contributed by atoms with Crippen LogP contribution >= 0.6 is 0 Å². The Morgan fingerprint density at radius 1 is 1.27 bits per heavy atom. The van der Waals surface area contributed by atoms with Gasteiger partial charge in [-0.05, 0) is 70.7 Å². The second-order valence-electron chi connectivity index (χ2n) is 10.9. The minimum Gasteiger partial charge on any atom is -0.448 e. The van der Waals surface area contributed by atoms with Gasteiger partial charge in [-0.15, -0.1) is 0 Å². The van der Waals surface area contributed by atoms with Crippen LogP contribution in [0.2, 0.25) is 0 Å². The van der Waals surface area contributed by atoms with Crippen LogP contribution in [0.3, 0.4) is 0 Å². The summed E-state index contributed by atoms with van der Waals surface area (Å²) >= 11 is 0. The second-order valence-corrected chi connectivity index (χ2v) is 10.9. The van der Waals surface area contributed by atoms with Gasteiger partial charge in [-0.1, -0.05) is 0 Å². The number of amides is 1. The number of aliphatic hydroxyl groups is 1. The predicted molar refractivity (Wildman–Crippen MR) is 146 cm³/mol. The highest BCUT2D eigenvalue weighted by Gasteiger charge is 2.35. The zero-order valence-electron chi connectivity index (χ0n) is 22.7. The summed E-state index contributed by atoms with van der Waals surface area (Å²) in [6, 6.07) is 9.05. The van der Waals surface area contributed by atoms with E-state index in [4.69, 9.17) is 10.2 Å². The van der Waals surface area contributed by atoms with Crippen LogP contribution in [0.25, 0.3) is 16.9 Å². The maximum atomic E-state index is 15.5. The van der Waals surface area contributed by atoms with Crippen molar-refractivity contribution < 1.29 is 18.7 Å². The van der Waals surface area contributed by atoms with Gasteiger partial charge in [-0.2, -0.15) is 10.4 Å². The van der Waals surface area contributed by atoms with Crippen molar-refractivity contribution in [2.24, 2.45) is 5.73 Å². The summed E-state index contributed by atoms with van der Waals surface area (Å²) in [5.74, 6) is 0.401. The number of rotatable bonds is 8. The Kier molecular flexibility index (Phi) is 7.29. The van der Waals surface area contributed by atoms with E-state index in [2.05, 4.69) is 21.1 Å². The van der Waals surface area contributed by atoms with Gasteiger partial charge in [-0.25, -0.2) is 13.9 Å². The van der Waals surface area contributed by atoms with Crippen LogP contribution in [0.15, 0.2) is 47.5 Å². The number of oxazole rings is 1. The van der Waals surface area contributed by atoms with Crippen LogP contribution in [-0.4, -0.2) is 55.0 Å². The van der Waals surface area contributed by atoms with Crippen molar-refractivity contribution in [1.82, 2.24) is 19.6 Å². The molecule has 0 saturated heterocycles. The maximum Gasteiger partial charge on any atom is 0.252 e. The topological polar surface area (TPSA) is 147 Å². The fourth-order valence-electron chi connectivity index (χ4n) is 5.46. The molecule has 0 unspecified atom stereocenters. The highest BCUT2D eigenvalue weighted by molar-refractivity contribution is 5.99. The molecule has 10 nitrogen and oxygen atoms in total. The molecule has 208 valence electrons. The Labute approximate surface area is 231 Å². The lowest BCUT2D eigenvalue weighted by molar-refractivity contribution is -0.000453. The average molecular weight is 546 g/mol. The average Bonchev–Trinajstić information content (AvgIpc) is 3.56. The number of carbonyl (C=O) groups excluding carboxylic acids is 1. The molecule has 4 aromatic heterocycles. The Hall–Kier alpha value is -4.30. The van der Waals surface area contributed by atoms with Gasteiger partial charge in [0.05, 0.1) is 57.8 Å². The van der Waals surface area contributed by atoms with Crippen LogP contribution in [0, 0.1) is 18.3 Å². The van der Waals surface area contributed by atoms with Crippen molar-refractivity contribution >= 4 is 17.1 Å². The van der Waals surface area contributed by atoms with Gasteiger partial charge in [0.15, 0.2) is 6.39 Å². The number of aryl methyl sites for hydroxylation is 1. The normalized spacial score (nSPS) is 18.4. The van der Waals surface area contributed by atoms with E-state index in [0.717, 1.165) is 24.3 Å². The quantitative estimate of drug-likeness (QED) is 0.333. The number of nitrogens with zero attached hydrogens (tertiary/aromatic N) is 6. The molecule has 4 aromatic rings. The smallest absolute Gasteiger partial charge is 0.252 e. The Balaban J connectivity index is 1.54. The van der Waals surface area contributed by atoms with Crippen molar-refractivity contribution in [2.75, 3.05) is 11.4 Å². The van der Waals surface area contributed by atoms with Gasteiger partial charge >= 0.3 is 0 Å². The third-order valence-electron chi connectivity index (χ3n) is 7.76. The largest absolute Gasteiger partial charge is 0.448 e. The van der Waals surface area contributed by atoms with E-state index < -0.39 is 17.7 Å². The lowest BCUT2D eigenvalue weighted by atomic mass is 9.82. The van der Waals surface area contributed by atoms with E-state index in [9.17, 15) is 15.2 Å². The van der Waals surface area contributed by atoms with E-state index in [1.165, 1.54) is 32.6 Å². The summed E-state index contributed by atoms with van der Waals surface area (Å²) in [6.45, 7) is 4.65. The molecule has 0 aromatic carbocycles. The molecule has 1 atom stereocenters. The first-order chi connectivity index (χ1) is 19.1. The number of halogens is 1. The van der Waals surface area contributed by atoms with Gasteiger partial charge in [-0.3, -0.25) is 9.78 Å². The van der Waals surface area contributed by atoms with Crippen molar-refractivity contribution in [1.29, 1.82) is 5.26 Å². The van der Waals surface area contributed by atoms with Gasteiger partial charge < -0.3 is 20.2 Å². The molecule has 0 spiro atoms. The highest BCUT2D eigenvalue weighted by atomic mass is 19.1. The number of nitrogens with two attached hydrogens (primary N) is 1. The van der Waals surface area contributed by atoms with Crippen molar-refractivity contribution in [3.63, 3.8) is 0 Å². The molecule has 4 heterocycles. The number of alkyl halides is 1. The van der Waals surface area contributed by atoms with Crippen molar-refractivity contribution in [3.05, 3.63) is 65.6 Å². The van der Waals surface area contributed by atoms with Gasteiger partial charge in [0.2, 0.25) is 0 Å². The second kappa shape index (κ2) is 10.7. The van der Waals surface area contributed by atoms with E-state index >= 15 is 4.39 Å². The number of carbonyl (C=O) groups is 1. The summed E-state index contributed by atoms with van der Waals surface area (Å²) in [7, 11) is 0. The third kappa shape index (κ3) is 5.27. The van der Waals surface area contributed by atoms with Crippen LogP contribution in [-0.2, 0) is 0 Å². The molecule has 5 rings (SSSR count). The van der Waals surface area contributed by atoms with Crippen LogP contribution in [0.4, 0.5) is 10.1 Å². The molecule has 1 saturated carbocycles. The first-order valence-electron chi connectivity index (χ1n) is 13.3. The molecule has 0 bridgehead atoms. The molecule has 0 radical (unpaired) electrons. The number of hydrogen-bond donors (Lipinski definition) is 2. The number of primary amides is 1. The van der Waals surface area contributed by atoms with Gasteiger partial charge in [0.1, 0.15) is 18.0 Å². The summed E-state index contributed by atoms with van der Waals surface area (Å²) in [6.07, 6.45) is 5.76. The number of hydrogen-bond acceptors (Lipinski definition) is 8. The minimum atomic E-state index is -1.60. The fourth-order valence-corrected chi connectivity index (χ4v) is 5.46. The van der Waals surface area contributed by atoms with Crippen LogP contribution < -0.4 is 10.6 Å². The summed E-state index contributed by atoms with van der Waals surface area (Å²) in [4.78, 5) is 23.1. The maximum absolute atomic E-state index is 15.5. The molecule has 0 aliphatic heterocycles. The number of nitriles is 1. The summed E-state index contributed by atoms with van der Waals surface area (Å²) < 4.78 is 22.7. The SMILES string of the molecule is Cc1ncoc1C1CCC(N(C[C@@H](F)C(C)(C)O)c2cc(-c3ccc4cc(C#N)cnn34)ncc2C(N)=O)CC1. The van der Waals surface area contributed by atoms with Gasteiger partial charge in [0.25, 0.3) is 5.91 Å². The molecule has 1 amide bonds. The number of aromatic nitrogens is 4. The molecule has 1 fully saturated rings. The fraction of sp³-hybridized carbons (Fsp3) is 0.414. The third-order valence-corrected chi connectivity index (χ3v) is 7.76. The Bertz CT molecular complexity index is 1570. The lowest BCUT2D eigenvalue weighted by Gasteiger charge is -2.40. The number of pyridine rings is 1. The van der Waals surface area contributed by atoms with E-state index in [1.807, 2.05) is 24.0 Å². The molecule has 40 heavy (non-hydrogen) atoms. The molecular formula is C29H32FN7O3. The predicted octanol–water partition coefficient (Wildman–Crippen LogP) is 4.31.